The summed E-state index contributed by atoms with van der Waals surface area (Å²) < 4.78 is 27.2. The molecule has 2 aromatic heterocycles. The Morgan fingerprint density at radius 1 is 1.52 bits per heavy atom. The molecule has 0 radical (unpaired) electrons. The van der Waals surface area contributed by atoms with Crippen LogP contribution in [0, 0.1) is 6.92 Å². The molecule has 0 saturated heterocycles. The molecule has 2 heterocycles. The van der Waals surface area contributed by atoms with Crippen molar-refractivity contribution < 1.29 is 13.6 Å². The summed E-state index contributed by atoms with van der Waals surface area (Å²) in [6.45, 7) is -0.132. The van der Waals surface area contributed by atoms with Crippen molar-refractivity contribution in [1.82, 2.24) is 24.9 Å². The molecule has 0 atom stereocenters. The molecule has 114 valence electrons. The monoisotopic (exact) mass is 317 g/mol. The van der Waals surface area contributed by atoms with Gasteiger partial charge in [0, 0.05) is 25.5 Å². The van der Waals surface area contributed by atoms with Gasteiger partial charge in [0.1, 0.15) is 5.69 Å². The fourth-order valence-electron chi connectivity index (χ4n) is 1.79. The molecule has 0 bridgehead atoms. The van der Waals surface area contributed by atoms with E-state index in [1.54, 1.807) is 17.8 Å². The molecule has 2 aromatic rings. The Bertz CT molecular complexity index is 605. The maximum Gasteiger partial charge on any atom is 0.333 e. The van der Waals surface area contributed by atoms with Gasteiger partial charge in [-0.1, -0.05) is 11.6 Å². The Hall–Kier alpha value is -1.96. The summed E-state index contributed by atoms with van der Waals surface area (Å²) in [7, 11) is 0. The molecule has 0 aromatic carbocycles. The summed E-state index contributed by atoms with van der Waals surface area (Å²) in [5.41, 5.74) is 0.574. The third kappa shape index (κ3) is 3.78. The Kier molecular flexibility index (Phi) is 4.89. The first-order chi connectivity index (χ1) is 9.99. The van der Waals surface area contributed by atoms with Crippen molar-refractivity contribution in [1.29, 1.82) is 0 Å². The topological polar surface area (TPSA) is 64.7 Å². The molecule has 1 N–H and O–H groups in total. The number of nitrogens with one attached hydrogen (secondary N) is 1. The standard InChI is InChI=1S/C12H14ClF2N5O/c1-8-9(13)7-19(18-8)6-2-4-16-11(21)10-3-5-17-20(10)12(14)15/h3,5,7,12H,2,4,6H2,1H3,(H,16,21). The minimum atomic E-state index is -2.84. The van der Waals surface area contributed by atoms with Crippen LogP contribution < -0.4 is 5.32 Å². The first-order valence-corrected chi connectivity index (χ1v) is 6.66. The number of hydrogen-bond acceptors (Lipinski definition) is 3. The quantitative estimate of drug-likeness (QED) is 0.831. The zero-order valence-corrected chi connectivity index (χ0v) is 12.0. The highest BCUT2D eigenvalue weighted by Gasteiger charge is 2.17. The number of amides is 1. The average molecular weight is 318 g/mol. The summed E-state index contributed by atoms with van der Waals surface area (Å²) in [4.78, 5) is 11.8. The number of nitrogens with zero attached hydrogens (tertiary/aromatic N) is 4. The fraction of sp³-hybridized carbons (Fsp3) is 0.417. The van der Waals surface area contributed by atoms with Gasteiger partial charge in [-0.05, 0) is 19.4 Å². The summed E-state index contributed by atoms with van der Waals surface area (Å²) >= 11 is 5.87. The van der Waals surface area contributed by atoms with E-state index in [1.807, 2.05) is 0 Å². The van der Waals surface area contributed by atoms with Crippen LogP contribution in [-0.2, 0) is 6.54 Å². The number of carbonyl (C=O) groups is 1. The van der Waals surface area contributed by atoms with Crippen LogP contribution >= 0.6 is 11.6 Å². The summed E-state index contributed by atoms with van der Waals surface area (Å²) in [5, 5.41) is 10.7. The number of rotatable bonds is 6. The minimum Gasteiger partial charge on any atom is -0.351 e. The lowest BCUT2D eigenvalue weighted by Gasteiger charge is -2.07. The second-order valence-electron chi connectivity index (χ2n) is 4.37. The van der Waals surface area contributed by atoms with Gasteiger partial charge in [-0.25, -0.2) is 0 Å². The summed E-state index contributed by atoms with van der Waals surface area (Å²) in [5.74, 6) is -0.581. The van der Waals surface area contributed by atoms with Crippen LogP contribution in [0.3, 0.4) is 0 Å². The summed E-state index contributed by atoms with van der Waals surface area (Å²) in [6.07, 6.45) is 3.46. The van der Waals surface area contributed by atoms with Crippen LogP contribution in [0.1, 0.15) is 29.2 Å². The second kappa shape index (κ2) is 6.66. The zero-order valence-electron chi connectivity index (χ0n) is 11.3. The Morgan fingerprint density at radius 2 is 2.29 bits per heavy atom. The first kappa shape index (κ1) is 15.4. The van der Waals surface area contributed by atoms with Gasteiger partial charge in [-0.3, -0.25) is 9.48 Å². The maximum atomic E-state index is 12.6. The Balaban J connectivity index is 1.80. The molecule has 0 aliphatic rings. The van der Waals surface area contributed by atoms with Crippen LogP contribution in [-0.4, -0.2) is 32.0 Å². The van der Waals surface area contributed by atoms with E-state index in [-0.39, 0.29) is 5.69 Å². The minimum absolute atomic E-state index is 0.164. The lowest BCUT2D eigenvalue weighted by Crippen LogP contribution is -2.28. The highest BCUT2D eigenvalue weighted by Crippen LogP contribution is 2.13. The summed E-state index contributed by atoms with van der Waals surface area (Å²) in [6, 6.07) is 1.25. The van der Waals surface area contributed by atoms with Crippen molar-refractivity contribution in [3.63, 3.8) is 0 Å². The number of aromatic nitrogens is 4. The van der Waals surface area contributed by atoms with Gasteiger partial charge < -0.3 is 5.32 Å². The van der Waals surface area contributed by atoms with Gasteiger partial charge in [0.25, 0.3) is 5.91 Å². The van der Waals surface area contributed by atoms with Crippen molar-refractivity contribution in [3.05, 3.63) is 34.9 Å². The van der Waals surface area contributed by atoms with Crippen LogP contribution in [0.25, 0.3) is 0 Å². The van der Waals surface area contributed by atoms with E-state index >= 15 is 0 Å². The Morgan fingerprint density at radius 3 is 2.90 bits per heavy atom. The first-order valence-electron chi connectivity index (χ1n) is 6.28. The van der Waals surface area contributed by atoms with Crippen molar-refractivity contribution in [2.45, 2.75) is 26.4 Å². The molecule has 0 spiro atoms. The van der Waals surface area contributed by atoms with Gasteiger partial charge in [-0.15, -0.1) is 0 Å². The highest BCUT2D eigenvalue weighted by atomic mass is 35.5. The van der Waals surface area contributed by atoms with E-state index in [4.69, 9.17) is 11.6 Å². The molecule has 1 amide bonds. The van der Waals surface area contributed by atoms with Crippen molar-refractivity contribution >= 4 is 17.5 Å². The van der Waals surface area contributed by atoms with Gasteiger partial charge in [0.15, 0.2) is 0 Å². The molecule has 0 saturated carbocycles. The molecular weight excluding hydrogens is 304 g/mol. The normalized spacial score (nSPS) is 11.1. The van der Waals surface area contributed by atoms with Crippen LogP contribution in [0.15, 0.2) is 18.5 Å². The van der Waals surface area contributed by atoms with Gasteiger partial charge in [0.2, 0.25) is 0 Å². The molecule has 0 aliphatic heterocycles. The van der Waals surface area contributed by atoms with Gasteiger partial charge in [0.05, 0.1) is 10.7 Å². The van der Waals surface area contributed by atoms with E-state index in [1.165, 1.54) is 6.07 Å². The van der Waals surface area contributed by atoms with Crippen molar-refractivity contribution in [2.75, 3.05) is 6.54 Å². The molecule has 9 heteroatoms. The van der Waals surface area contributed by atoms with E-state index in [2.05, 4.69) is 15.5 Å². The second-order valence-corrected chi connectivity index (χ2v) is 4.78. The van der Waals surface area contributed by atoms with E-state index < -0.39 is 12.5 Å². The van der Waals surface area contributed by atoms with Crippen LogP contribution in [0.5, 0.6) is 0 Å². The van der Waals surface area contributed by atoms with Crippen molar-refractivity contribution in [3.8, 4) is 0 Å². The number of halogens is 3. The number of aryl methyl sites for hydroxylation is 2. The SMILES string of the molecule is Cc1nn(CCCNC(=O)c2ccnn2C(F)F)cc1Cl. The highest BCUT2D eigenvalue weighted by molar-refractivity contribution is 6.31. The van der Waals surface area contributed by atoms with Crippen LogP contribution in [0.4, 0.5) is 8.78 Å². The predicted octanol–water partition coefficient (Wildman–Crippen LogP) is 2.26. The molecule has 0 unspecified atom stereocenters. The zero-order chi connectivity index (χ0) is 15.4. The van der Waals surface area contributed by atoms with E-state index in [0.717, 1.165) is 11.9 Å². The number of alkyl halides is 2. The fourth-order valence-corrected chi connectivity index (χ4v) is 1.94. The Labute approximate surface area is 124 Å². The van der Waals surface area contributed by atoms with E-state index in [9.17, 15) is 13.6 Å². The van der Waals surface area contributed by atoms with Crippen molar-refractivity contribution in [2.24, 2.45) is 0 Å². The molecule has 0 fully saturated rings. The smallest absolute Gasteiger partial charge is 0.333 e. The number of carbonyl (C=O) groups excluding carboxylic acids is 1. The lowest BCUT2D eigenvalue weighted by molar-refractivity contribution is 0.0509. The molecule has 0 aliphatic carbocycles. The van der Waals surface area contributed by atoms with Crippen LogP contribution in [0.2, 0.25) is 5.02 Å². The van der Waals surface area contributed by atoms with Gasteiger partial charge >= 0.3 is 6.55 Å². The molecule has 21 heavy (non-hydrogen) atoms. The molecule has 6 nitrogen and oxygen atoms in total. The maximum absolute atomic E-state index is 12.6. The predicted molar refractivity (Wildman–Crippen MR) is 72.4 cm³/mol. The third-order valence-electron chi connectivity index (χ3n) is 2.82. The lowest BCUT2D eigenvalue weighted by atomic mass is 10.3. The average Bonchev–Trinajstić information content (AvgIpc) is 3.02. The number of hydrogen-bond donors (Lipinski definition) is 1. The molecular formula is C12H14ClF2N5O. The van der Waals surface area contributed by atoms with Gasteiger partial charge in [-0.2, -0.15) is 23.7 Å². The molecule has 2 rings (SSSR count). The largest absolute Gasteiger partial charge is 0.351 e. The van der Waals surface area contributed by atoms with E-state index in [0.29, 0.717) is 29.2 Å². The third-order valence-corrected chi connectivity index (χ3v) is 3.19.